The lowest BCUT2D eigenvalue weighted by atomic mass is 9.98. The maximum atomic E-state index is 11.6. The van der Waals surface area contributed by atoms with Gasteiger partial charge in [0, 0.05) is 56.3 Å². The third-order valence-electron chi connectivity index (χ3n) is 7.54. The highest BCUT2D eigenvalue weighted by atomic mass is 127. The highest BCUT2D eigenvalue weighted by molar-refractivity contribution is 14.1. The largest absolute Gasteiger partial charge is 0.465 e. The topological polar surface area (TPSA) is 216 Å². The van der Waals surface area contributed by atoms with Crippen molar-refractivity contribution in [3.8, 4) is 0 Å². The fourth-order valence-electron chi connectivity index (χ4n) is 4.57. The van der Waals surface area contributed by atoms with Gasteiger partial charge in [0.2, 0.25) is 0 Å². The van der Waals surface area contributed by atoms with Crippen molar-refractivity contribution in [1.82, 2.24) is 0 Å². The van der Waals surface area contributed by atoms with Crippen LogP contribution in [0.15, 0.2) is 54.6 Å². The van der Waals surface area contributed by atoms with Crippen LogP contribution in [-0.2, 0) is 63.9 Å². The second-order valence-electron chi connectivity index (χ2n) is 12.3. The number of anilines is 2. The first-order valence-electron chi connectivity index (χ1n) is 17.7. The first-order valence-corrected chi connectivity index (χ1v) is 20.8. The molecule has 0 saturated carbocycles. The number of nitrogens with two attached hydrogens (primary N) is 2. The molecule has 0 aliphatic heterocycles. The number of Topliss-reactive ketones (excluding diaryl/α,β-unsaturated/α-hetero) is 5. The van der Waals surface area contributed by atoms with Crippen molar-refractivity contribution < 1.29 is 52.6 Å². The SMILES string of the molecule is CCC(=O)Cc1cc(CC(=O)CC)cc(C(=O)OC)c1.CCC(C)=O.COC(=O)c1cc(CC(=O)CI)cc(CC(=O)CI)c1.COC(=O)c1cc(N)cc(N)c1. The summed E-state index contributed by atoms with van der Waals surface area (Å²) >= 11 is 4.02. The molecule has 0 heterocycles. The number of methoxy groups -OCH3 is 3. The number of alkyl halides is 2. The Kier molecular flexibility index (Phi) is 26.5. The van der Waals surface area contributed by atoms with Gasteiger partial charge in [0.05, 0.1) is 46.9 Å². The van der Waals surface area contributed by atoms with Gasteiger partial charge in [-0.2, -0.15) is 0 Å². The molecule has 0 aromatic heterocycles. The molecule has 15 heteroatoms. The fraction of sp³-hybridized carbons (Fsp3) is 0.381. The number of hydrogen-bond acceptors (Lipinski definition) is 13. The average molecular weight is 1010 g/mol. The molecule has 0 atom stereocenters. The van der Waals surface area contributed by atoms with E-state index < -0.39 is 17.9 Å². The summed E-state index contributed by atoms with van der Waals surface area (Å²) in [6.07, 6.45) is 2.64. The predicted molar refractivity (Wildman–Crippen MR) is 236 cm³/mol. The van der Waals surface area contributed by atoms with E-state index in [0.29, 0.717) is 56.2 Å². The van der Waals surface area contributed by atoms with Crippen LogP contribution in [0.2, 0.25) is 0 Å². The number of nitrogen functional groups attached to an aromatic ring is 2. The van der Waals surface area contributed by atoms with Gasteiger partial charge in [-0.15, -0.1) is 0 Å². The van der Waals surface area contributed by atoms with Gasteiger partial charge in [-0.25, -0.2) is 14.4 Å². The molecule has 13 nitrogen and oxygen atoms in total. The third-order valence-corrected chi connectivity index (χ3v) is 9.24. The van der Waals surface area contributed by atoms with Gasteiger partial charge in [0.15, 0.2) is 0 Å². The molecule has 3 aromatic rings. The Morgan fingerprint density at radius 2 is 0.719 bits per heavy atom. The second-order valence-corrected chi connectivity index (χ2v) is 13.9. The molecular formula is C42H52I2N2O11. The van der Waals surface area contributed by atoms with E-state index in [2.05, 4.69) is 4.74 Å². The first-order chi connectivity index (χ1) is 26.9. The molecule has 0 bridgehead atoms. The predicted octanol–water partition coefficient (Wildman–Crippen LogP) is 6.71. The normalized spacial score (nSPS) is 9.77. The smallest absolute Gasteiger partial charge is 0.337 e. The summed E-state index contributed by atoms with van der Waals surface area (Å²) in [6, 6.07) is 14.8. The molecule has 0 fully saturated rings. The minimum Gasteiger partial charge on any atom is -0.465 e. The summed E-state index contributed by atoms with van der Waals surface area (Å²) < 4.78 is 14.7. The lowest BCUT2D eigenvalue weighted by Gasteiger charge is -2.08. The molecule has 0 aliphatic rings. The number of ether oxygens (including phenoxy) is 3. The summed E-state index contributed by atoms with van der Waals surface area (Å²) in [7, 11) is 3.92. The molecule has 0 saturated heterocycles. The van der Waals surface area contributed by atoms with Crippen molar-refractivity contribution in [1.29, 1.82) is 0 Å². The van der Waals surface area contributed by atoms with Crippen LogP contribution in [0.3, 0.4) is 0 Å². The Balaban J connectivity index is 0.000000798. The van der Waals surface area contributed by atoms with E-state index in [1.54, 1.807) is 57.2 Å². The highest BCUT2D eigenvalue weighted by Crippen LogP contribution is 2.17. The number of halogens is 2. The maximum absolute atomic E-state index is 11.6. The Hall–Kier alpha value is -4.52. The molecule has 310 valence electrons. The summed E-state index contributed by atoms with van der Waals surface area (Å²) in [5.41, 5.74) is 15.9. The molecule has 3 rings (SSSR count). The molecule has 3 aromatic carbocycles. The molecular weight excluding hydrogens is 962 g/mol. The van der Waals surface area contributed by atoms with Crippen molar-refractivity contribution in [3.05, 3.63) is 93.5 Å². The van der Waals surface area contributed by atoms with Crippen LogP contribution in [0.25, 0.3) is 0 Å². The van der Waals surface area contributed by atoms with Gasteiger partial charge in [-0.3, -0.25) is 19.2 Å². The minimum atomic E-state index is -0.461. The molecule has 4 N–H and O–H groups in total. The van der Waals surface area contributed by atoms with E-state index in [-0.39, 0.29) is 54.6 Å². The number of carbonyl (C=O) groups excluding carboxylic acids is 8. The zero-order valence-electron chi connectivity index (χ0n) is 33.5. The van der Waals surface area contributed by atoms with Crippen LogP contribution in [0.1, 0.15) is 100 Å². The molecule has 0 amide bonds. The van der Waals surface area contributed by atoms with E-state index in [9.17, 15) is 38.4 Å². The van der Waals surface area contributed by atoms with Gasteiger partial charge in [-0.1, -0.05) is 78.1 Å². The van der Waals surface area contributed by atoms with Gasteiger partial charge in [0.1, 0.15) is 28.9 Å². The molecule has 0 radical (unpaired) electrons. The lowest BCUT2D eigenvalue weighted by molar-refractivity contribution is -0.118. The molecule has 0 unspecified atom stereocenters. The maximum Gasteiger partial charge on any atom is 0.337 e. The summed E-state index contributed by atoms with van der Waals surface area (Å²) in [5, 5.41) is 0. The van der Waals surface area contributed by atoms with E-state index in [4.69, 9.17) is 20.9 Å². The van der Waals surface area contributed by atoms with Crippen LogP contribution in [0.5, 0.6) is 0 Å². The zero-order valence-corrected chi connectivity index (χ0v) is 37.8. The van der Waals surface area contributed by atoms with E-state index in [1.165, 1.54) is 33.5 Å². The van der Waals surface area contributed by atoms with Gasteiger partial charge >= 0.3 is 17.9 Å². The number of esters is 3. The van der Waals surface area contributed by atoms with Crippen molar-refractivity contribution in [2.45, 2.75) is 72.6 Å². The highest BCUT2D eigenvalue weighted by Gasteiger charge is 2.14. The number of ketones is 5. The van der Waals surface area contributed by atoms with Crippen molar-refractivity contribution in [2.24, 2.45) is 0 Å². The van der Waals surface area contributed by atoms with Crippen LogP contribution in [-0.4, -0.2) is 77.0 Å². The Morgan fingerprint density at radius 1 is 0.456 bits per heavy atom. The fourth-order valence-corrected chi connectivity index (χ4v) is 5.11. The Morgan fingerprint density at radius 3 is 0.947 bits per heavy atom. The van der Waals surface area contributed by atoms with Gasteiger partial charge < -0.3 is 30.5 Å². The number of hydrogen-bond donors (Lipinski definition) is 2. The van der Waals surface area contributed by atoms with E-state index in [1.807, 2.05) is 58.2 Å². The van der Waals surface area contributed by atoms with Gasteiger partial charge in [-0.05, 0) is 71.6 Å². The van der Waals surface area contributed by atoms with Crippen LogP contribution < -0.4 is 11.5 Å². The first kappa shape index (κ1) is 52.5. The van der Waals surface area contributed by atoms with Crippen molar-refractivity contribution in [2.75, 3.05) is 41.7 Å². The molecule has 0 aliphatic carbocycles. The van der Waals surface area contributed by atoms with E-state index >= 15 is 0 Å². The summed E-state index contributed by atoms with van der Waals surface area (Å²) in [5.74, 6) is -0.742. The summed E-state index contributed by atoms with van der Waals surface area (Å²) in [6.45, 7) is 7.03. The number of benzene rings is 3. The molecule has 0 spiro atoms. The molecule has 57 heavy (non-hydrogen) atoms. The van der Waals surface area contributed by atoms with Crippen molar-refractivity contribution in [3.63, 3.8) is 0 Å². The Labute approximate surface area is 361 Å². The van der Waals surface area contributed by atoms with Gasteiger partial charge in [0.25, 0.3) is 0 Å². The Bertz CT molecular complexity index is 1690. The van der Waals surface area contributed by atoms with Crippen LogP contribution in [0.4, 0.5) is 11.4 Å². The van der Waals surface area contributed by atoms with E-state index in [0.717, 1.165) is 22.3 Å². The number of carbonyl (C=O) groups is 8. The van der Waals surface area contributed by atoms with Crippen LogP contribution in [0, 0.1) is 0 Å². The minimum absolute atomic E-state index is 0.0822. The summed E-state index contributed by atoms with van der Waals surface area (Å²) in [4.78, 5) is 90.2. The van der Waals surface area contributed by atoms with Crippen molar-refractivity contribution >= 4 is 103 Å². The number of rotatable bonds is 16. The quantitative estimate of drug-likeness (QED) is 0.0503. The standard InChI is InChI=1S/C16H20O4.C14H14I2O4.C8H10N2O2.C4H8O/c1-4-14(17)9-11-6-12(10-15(18)5-2)8-13(7-11)16(19)20-3;1-20-14(19)11-3-9(5-12(17)7-15)2-10(4-11)6-13(18)8-16;1-12-8(11)5-2-6(9)4-7(10)3-5;1-3-4(2)5/h6-8H,4-5,9-10H2,1-3H3;2-4H,5-8H2,1H3;2-4H,9-10H2,1H3;3H2,1-2H3. The van der Waals surface area contributed by atoms with Crippen LogP contribution >= 0.6 is 45.2 Å². The lowest BCUT2D eigenvalue weighted by Crippen LogP contribution is -2.10. The second kappa shape index (κ2) is 28.8. The average Bonchev–Trinajstić information content (AvgIpc) is 3.19. The zero-order chi connectivity index (χ0) is 43.7. The third kappa shape index (κ3) is 22.1. The monoisotopic (exact) mass is 1010 g/mol.